The van der Waals surface area contributed by atoms with Crippen molar-refractivity contribution in [2.75, 3.05) is 46.4 Å². The summed E-state index contributed by atoms with van der Waals surface area (Å²) in [5.41, 5.74) is 0. The van der Waals surface area contributed by atoms with Crippen LogP contribution in [0.15, 0.2) is 4.42 Å². The molecule has 2 aliphatic heterocycles. The molecule has 8 heteroatoms. The number of carbonyl (C=O) groups excluding carboxylic acids is 1. The minimum absolute atomic E-state index is 0.114. The van der Waals surface area contributed by atoms with Crippen LogP contribution in [0.3, 0.4) is 0 Å². The predicted octanol–water partition coefficient (Wildman–Crippen LogP) is 1.39. The van der Waals surface area contributed by atoms with E-state index in [2.05, 4.69) is 25.3 Å². The molecule has 0 unspecified atom stereocenters. The van der Waals surface area contributed by atoms with E-state index in [1.807, 2.05) is 0 Å². The Hall–Kier alpha value is -1.51. The number of hydrogen-bond acceptors (Lipinski definition) is 7. The maximum atomic E-state index is 12.4. The Morgan fingerprint density at radius 1 is 1.18 bits per heavy atom. The third kappa shape index (κ3) is 5.10. The van der Waals surface area contributed by atoms with Gasteiger partial charge in [0, 0.05) is 45.2 Å². The second kappa shape index (κ2) is 9.33. The molecule has 1 amide bonds. The van der Waals surface area contributed by atoms with E-state index >= 15 is 0 Å². The van der Waals surface area contributed by atoms with Crippen LogP contribution in [0.4, 0.5) is 0 Å². The average molecular weight is 392 g/mol. The summed E-state index contributed by atoms with van der Waals surface area (Å²) in [5.74, 6) is 2.40. The van der Waals surface area contributed by atoms with E-state index < -0.39 is 0 Å². The summed E-state index contributed by atoms with van der Waals surface area (Å²) >= 11 is 0. The molecule has 0 aromatic carbocycles. The molecular formula is C20H33N5O3. The maximum absolute atomic E-state index is 12.4. The van der Waals surface area contributed by atoms with Crippen molar-refractivity contribution in [3.05, 3.63) is 11.8 Å². The van der Waals surface area contributed by atoms with E-state index in [9.17, 15) is 4.79 Å². The minimum atomic E-state index is 0.114. The Morgan fingerprint density at radius 3 is 2.75 bits per heavy atom. The highest BCUT2D eigenvalue weighted by Crippen LogP contribution is 2.39. The van der Waals surface area contributed by atoms with Gasteiger partial charge in [0.15, 0.2) is 0 Å². The van der Waals surface area contributed by atoms with Crippen LogP contribution in [0.2, 0.25) is 0 Å². The van der Waals surface area contributed by atoms with E-state index in [-0.39, 0.29) is 11.8 Å². The predicted molar refractivity (Wildman–Crippen MR) is 104 cm³/mol. The molecule has 0 radical (unpaired) electrons. The van der Waals surface area contributed by atoms with Crippen LogP contribution < -0.4 is 5.32 Å². The van der Waals surface area contributed by atoms with Crippen LogP contribution in [-0.4, -0.2) is 78.4 Å². The number of hydrogen-bond donors (Lipinski definition) is 1. The highest BCUT2D eigenvalue weighted by molar-refractivity contribution is 5.78. The van der Waals surface area contributed by atoms with Crippen LogP contribution in [-0.2, 0) is 16.1 Å². The largest absolute Gasteiger partial charge is 0.424 e. The second-order valence-electron chi connectivity index (χ2n) is 8.43. The van der Waals surface area contributed by atoms with Crippen LogP contribution in [0.5, 0.6) is 0 Å². The molecule has 3 heterocycles. The zero-order valence-electron chi connectivity index (χ0n) is 16.9. The summed E-state index contributed by atoms with van der Waals surface area (Å²) in [7, 11) is 1.66. The van der Waals surface area contributed by atoms with Gasteiger partial charge in [-0.15, -0.1) is 10.2 Å². The summed E-state index contributed by atoms with van der Waals surface area (Å²) in [6.45, 7) is 6.03. The van der Waals surface area contributed by atoms with Gasteiger partial charge in [0.05, 0.1) is 19.1 Å². The Labute approximate surface area is 167 Å². The van der Waals surface area contributed by atoms with Crippen molar-refractivity contribution >= 4 is 5.91 Å². The summed E-state index contributed by atoms with van der Waals surface area (Å²) < 4.78 is 10.8. The van der Waals surface area contributed by atoms with E-state index in [4.69, 9.17) is 9.15 Å². The lowest BCUT2D eigenvalue weighted by Crippen LogP contribution is -2.50. The molecule has 2 saturated heterocycles. The first-order valence-corrected chi connectivity index (χ1v) is 10.8. The Balaban J connectivity index is 1.21. The second-order valence-corrected chi connectivity index (χ2v) is 8.43. The smallest absolute Gasteiger partial charge is 0.230 e. The molecule has 0 bridgehead atoms. The molecule has 1 atom stereocenters. The molecule has 1 N–H and O–H groups in total. The molecule has 3 aliphatic rings. The first-order valence-electron chi connectivity index (χ1n) is 10.8. The van der Waals surface area contributed by atoms with Crippen molar-refractivity contribution in [1.29, 1.82) is 0 Å². The van der Waals surface area contributed by atoms with Crippen molar-refractivity contribution < 1.29 is 13.9 Å². The number of piperidine rings is 2. The first kappa shape index (κ1) is 19.8. The van der Waals surface area contributed by atoms with Gasteiger partial charge in [0.25, 0.3) is 0 Å². The van der Waals surface area contributed by atoms with Gasteiger partial charge < -0.3 is 14.5 Å². The van der Waals surface area contributed by atoms with Crippen LogP contribution in [0.1, 0.15) is 56.2 Å². The SMILES string of the molecule is COCCNC(=O)[C@@H]1CCCN(C2CCN(Cc3nnc(C4CC4)o3)CC2)C1. The Kier molecular flexibility index (Phi) is 6.59. The van der Waals surface area contributed by atoms with Crippen LogP contribution in [0, 0.1) is 5.92 Å². The van der Waals surface area contributed by atoms with E-state index in [0.29, 0.717) is 25.1 Å². The summed E-state index contributed by atoms with van der Waals surface area (Å²) in [6.07, 6.45) is 6.76. The third-order valence-electron chi connectivity index (χ3n) is 6.27. The lowest BCUT2D eigenvalue weighted by atomic mass is 9.93. The molecule has 8 nitrogen and oxygen atoms in total. The van der Waals surface area contributed by atoms with Gasteiger partial charge >= 0.3 is 0 Å². The first-order chi connectivity index (χ1) is 13.7. The minimum Gasteiger partial charge on any atom is -0.424 e. The molecule has 1 aromatic heterocycles. The number of aromatic nitrogens is 2. The van der Waals surface area contributed by atoms with Gasteiger partial charge in [0.1, 0.15) is 0 Å². The standard InChI is InChI=1S/C20H33N5O3/c1-27-12-8-21-19(26)16-3-2-9-25(13-16)17-6-10-24(11-7-17)14-18-22-23-20(28-18)15-4-5-15/h15-17H,2-14H2,1H3,(H,21,26)/t16-/m1/s1. The molecule has 28 heavy (non-hydrogen) atoms. The molecule has 1 saturated carbocycles. The lowest BCUT2D eigenvalue weighted by Gasteiger charge is -2.41. The van der Waals surface area contributed by atoms with E-state index in [1.54, 1.807) is 7.11 Å². The summed E-state index contributed by atoms with van der Waals surface area (Å²) in [4.78, 5) is 17.3. The van der Waals surface area contributed by atoms with Crippen molar-refractivity contribution in [3.8, 4) is 0 Å². The maximum Gasteiger partial charge on any atom is 0.230 e. The third-order valence-corrected chi connectivity index (χ3v) is 6.27. The fraction of sp³-hybridized carbons (Fsp3) is 0.850. The Bertz CT molecular complexity index is 640. The monoisotopic (exact) mass is 391 g/mol. The number of methoxy groups -OCH3 is 1. The van der Waals surface area contributed by atoms with E-state index in [0.717, 1.165) is 70.2 Å². The van der Waals surface area contributed by atoms with Gasteiger partial charge in [-0.2, -0.15) is 0 Å². The number of amides is 1. The van der Waals surface area contributed by atoms with Crippen molar-refractivity contribution in [1.82, 2.24) is 25.3 Å². The lowest BCUT2D eigenvalue weighted by molar-refractivity contribution is -0.127. The molecule has 3 fully saturated rings. The molecular weight excluding hydrogens is 358 g/mol. The van der Waals surface area contributed by atoms with Crippen LogP contribution in [0.25, 0.3) is 0 Å². The molecule has 0 spiro atoms. The van der Waals surface area contributed by atoms with Crippen molar-refractivity contribution in [2.45, 2.75) is 57.0 Å². The number of rotatable bonds is 8. The van der Waals surface area contributed by atoms with Gasteiger partial charge in [-0.05, 0) is 45.1 Å². The zero-order chi connectivity index (χ0) is 19.3. The van der Waals surface area contributed by atoms with Gasteiger partial charge in [-0.3, -0.25) is 14.6 Å². The number of nitrogens with zero attached hydrogens (tertiary/aromatic N) is 4. The fourth-order valence-corrected chi connectivity index (χ4v) is 4.43. The zero-order valence-corrected chi connectivity index (χ0v) is 16.9. The van der Waals surface area contributed by atoms with E-state index in [1.165, 1.54) is 12.8 Å². The Morgan fingerprint density at radius 2 is 2.00 bits per heavy atom. The van der Waals surface area contributed by atoms with Crippen molar-refractivity contribution in [2.24, 2.45) is 5.92 Å². The van der Waals surface area contributed by atoms with Crippen LogP contribution >= 0.6 is 0 Å². The molecule has 4 rings (SSSR count). The number of nitrogens with one attached hydrogen (secondary N) is 1. The molecule has 1 aliphatic carbocycles. The van der Waals surface area contributed by atoms with Gasteiger partial charge in [-0.1, -0.05) is 0 Å². The van der Waals surface area contributed by atoms with Crippen molar-refractivity contribution in [3.63, 3.8) is 0 Å². The highest BCUT2D eigenvalue weighted by Gasteiger charge is 2.32. The normalized spacial score (nSPS) is 25.1. The summed E-state index contributed by atoms with van der Waals surface area (Å²) in [6, 6.07) is 0.579. The topological polar surface area (TPSA) is 83.7 Å². The average Bonchev–Trinajstić information content (AvgIpc) is 3.48. The quantitative estimate of drug-likeness (QED) is 0.670. The fourth-order valence-electron chi connectivity index (χ4n) is 4.43. The summed E-state index contributed by atoms with van der Waals surface area (Å²) in [5, 5.41) is 11.4. The van der Waals surface area contributed by atoms with Gasteiger partial charge in [-0.25, -0.2) is 0 Å². The highest BCUT2D eigenvalue weighted by atomic mass is 16.5. The number of carbonyl (C=O) groups is 1. The number of ether oxygens (including phenoxy) is 1. The van der Waals surface area contributed by atoms with Gasteiger partial charge in [0.2, 0.25) is 17.7 Å². The number of likely N-dealkylation sites (tertiary alicyclic amines) is 2. The molecule has 156 valence electrons. The molecule has 1 aromatic rings.